The third-order valence-electron chi connectivity index (χ3n) is 2.38. The smallest absolute Gasteiger partial charge is 0.0260 e. The maximum atomic E-state index is 3.63. The quantitative estimate of drug-likeness (QED) is 0.665. The largest absolute Gasteiger partial charge is 0.0985 e. The minimum absolute atomic E-state index is 1.11. The Balaban J connectivity index is 0.000000184. The lowest BCUT2D eigenvalue weighted by Gasteiger charge is -1.88. The summed E-state index contributed by atoms with van der Waals surface area (Å²) < 4.78 is 0. The highest BCUT2D eigenvalue weighted by Gasteiger charge is 1.79. The molecule has 2 aromatic rings. The normalized spacial score (nSPS) is 9.61. The van der Waals surface area contributed by atoms with Crippen LogP contribution in [0.2, 0.25) is 0 Å². The van der Waals surface area contributed by atoms with Crippen LogP contribution in [0.15, 0.2) is 73.3 Å². The molecule has 18 heavy (non-hydrogen) atoms. The first-order chi connectivity index (χ1) is 8.86. The fourth-order valence-electron chi connectivity index (χ4n) is 1.41. The summed E-state index contributed by atoms with van der Waals surface area (Å²) in [6.45, 7) is 5.77. The van der Waals surface area contributed by atoms with Gasteiger partial charge in [-0.25, -0.2) is 0 Å². The first kappa shape index (κ1) is 14.0. The van der Waals surface area contributed by atoms with Crippen molar-refractivity contribution in [2.75, 3.05) is 0 Å². The van der Waals surface area contributed by atoms with Crippen molar-refractivity contribution in [2.45, 2.75) is 13.3 Å². The summed E-state index contributed by atoms with van der Waals surface area (Å²) in [6.07, 6.45) is 7.24. The van der Waals surface area contributed by atoms with Crippen LogP contribution in [0.5, 0.6) is 0 Å². The van der Waals surface area contributed by atoms with Crippen LogP contribution >= 0.6 is 0 Å². The standard InChI is InChI=1S/C10H12.C8H8/c1-2-3-7-10-8-5-4-6-9-10;1-2-8-6-4-3-5-7-8/h3-9H,2H2,1H3;2-7H,1H2. The van der Waals surface area contributed by atoms with Gasteiger partial charge in [0.2, 0.25) is 0 Å². The van der Waals surface area contributed by atoms with E-state index in [4.69, 9.17) is 0 Å². The van der Waals surface area contributed by atoms with Crippen molar-refractivity contribution in [3.05, 3.63) is 84.4 Å². The second kappa shape index (κ2) is 9.00. The summed E-state index contributed by atoms with van der Waals surface area (Å²) in [4.78, 5) is 0. The Kier molecular flexibility index (Phi) is 6.99. The molecule has 2 aromatic carbocycles. The molecule has 2 rings (SSSR count). The van der Waals surface area contributed by atoms with Crippen LogP contribution in [-0.2, 0) is 0 Å². The summed E-state index contributed by atoms with van der Waals surface area (Å²) >= 11 is 0. The van der Waals surface area contributed by atoms with Gasteiger partial charge in [0.1, 0.15) is 0 Å². The van der Waals surface area contributed by atoms with Gasteiger partial charge in [-0.1, -0.05) is 92.4 Å². The number of benzene rings is 2. The minimum atomic E-state index is 1.11. The Morgan fingerprint density at radius 1 is 0.833 bits per heavy atom. The molecular formula is C18H20. The predicted molar refractivity (Wildman–Crippen MR) is 82.3 cm³/mol. The monoisotopic (exact) mass is 236 g/mol. The van der Waals surface area contributed by atoms with Crippen molar-refractivity contribution in [3.8, 4) is 0 Å². The van der Waals surface area contributed by atoms with Crippen LogP contribution < -0.4 is 0 Å². The highest BCUT2D eigenvalue weighted by Crippen LogP contribution is 2.00. The molecule has 0 saturated heterocycles. The Labute approximate surface area is 110 Å². The lowest BCUT2D eigenvalue weighted by molar-refractivity contribution is 1.23. The Hall–Kier alpha value is -2.08. The molecule has 0 spiro atoms. The molecule has 0 aliphatic rings. The van der Waals surface area contributed by atoms with E-state index in [0.717, 1.165) is 6.42 Å². The second-order valence-electron chi connectivity index (χ2n) is 3.84. The van der Waals surface area contributed by atoms with Crippen LogP contribution in [0, 0.1) is 0 Å². The average molecular weight is 236 g/mol. The molecule has 0 fully saturated rings. The molecule has 0 aromatic heterocycles. The topological polar surface area (TPSA) is 0 Å². The molecule has 0 radical (unpaired) electrons. The fourth-order valence-corrected chi connectivity index (χ4v) is 1.41. The zero-order chi connectivity index (χ0) is 13.1. The third kappa shape index (κ3) is 5.86. The van der Waals surface area contributed by atoms with Crippen molar-refractivity contribution in [1.82, 2.24) is 0 Å². The van der Waals surface area contributed by atoms with Crippen LogP contribution in [0.25, 0.3) is 12.2 Å². The number of hydrogen-bond donors (Lipinski definition) is 0. The number of rotatable bonds is 3. The van der Waals surface area contributed by atoms with E-state index >= 15 is 0 Å². The van der Waals surface area contributed by atoms with E-state index in [0.29, 0.717) is 0 Å². The molecule has 0 heteroatoms. The first-order valence-electron chi connectivity index (χ1n) is 6.26. The molecule has 0 aliphatic carbocycles. The van der Waals surface area contributed by atoms with E-state index in [9.17, 15) is 0 Å². The molecular weight excluding hydrogens is 216 g/mol. The third-order valence-corrected chi connectivity index (χ3v) is 2.38. The van der Waals surface area contributed by atoms with E-state index < -0.39 is 0 Å². The summed E-state index contributed by atoms with van der Waals surface area (Å²) in [5.74, 6) is 0. The highest BCUT2D eigenvalue weighted by atomic mass is 13.8. The van der Waals surface area contributed by atoms with Crippen molar-refractivity contribution in [1.29, 1.82) is 0 Å². The van der Waals surface area contributed by atoms with Crippen molar-refractivity contribution >= 4 is 12.2 Å². The van der Waals surface area contributed by atoms with Gasteiger partial charge in [-0.05, 0) is 17.5 Å². The van der Waals surface area contributed by atoms with E-state index in [-0.39, 0.29) is 0 Å². The summed E-state index contributed by atoms with van der Waals surface area (Å²) in [7, 11) is 0. The number of allylic oxidation sites excluding steroid dienone is 1. The van der Waals surface area contributed by atoms with Gasteiger partial charge in [0.05, 0.1) is 0 Å². The Bertz CT molecular complexity index is 452. The predicted octanol–water partition coefficient (Wildman–Crippen LogP) is 5.44. The zero-order valence-electron chi connectivity index (χ0n) is 10.9. The Morgan fingerprint density at radius 2 is 1.33 bits per heavy atom. The van der Waals surface area contributed by atoms with Crippen LogP contribution in [0.3, 0.4) is 0 Å². The van der Waals surface area contributed by atoms with Gasteiger partial charge < -0.3 is 0 Å². The van der Waals surface area contributed by atoms with E-state index in [1.165, 1.54) is 11.1 Å². The van der Waals surface area contributed by atoms with Gasteiger partial charge in [0.25, 0.3) is 0 Å². The molecule has 0 bridgehead atoms. The number of hydrogen-bond acceptors (Lipinski definition) is 0. The van der Waals surface area contributed by atoms with Gasteiger partial charge in [-0.2, -0.15) is 0 Å². The summed E-state index contributed by atoms with van der Waals surface area (Å²) in [5, 5.41) is 0. The van der Waals surface area contributed by atoms with Crippen LogP contribution in [-0.4, -0.2) is 0 Å². The lowest BCUT2D eigenvalue weighted by Crippen LogP contribution is -1.66. The van der Waals surface area contributed by atoms with Gasteiger partial charge in [0, 0.05) is 0 Å². The SMILES string of the molecule is C=Cc1ccccc1.CCC=Cc1ccccc1. The van der Waals surface area contributed by atoms with Gasteiger partial charge in [-0.15, -0.1) is 0 Å². The molecule has 92 valence electrons. The van der Waals surface area contributed by atoms with Crippen LogP contribution in [0.1, 0.15) is 24.5 Å². The van der Waals surface area contributed by atoms with Gasteiger partial charge in [-0.3, -0.25) is 0 Å². The van der Waals surface area contributed by atoms with Gasteiger partial charge in [0.15, 0.2) is 0 Å². The lowest BCUT2D eigenvalue weighted by atomic mass is 10.2. The molecule has 0 atom stereocenters. The summed E-state index contributed by atoms with van der Waals surface area (Å²) in [5.41, 5.74) is 2.46. The van der Waals surface area contributed by atoms with Crippen LogP contribution in [0.4, 0.5) is 0 Å². The molecule has 0 N–H and O–H groups in total. The van der Waals surface area contributed by atoms with E-state index in [2.05, 4.69) is 49.9 Å². The van der Waals surface area contributed by atoms with Crippen molar-refractivity contribution in [3.63, 3.8) is 0 Å². The summed E-state index contributed by atoms with van der Waals surface area (Å²) in [6, 6.07) is 20.4. The van der Waals surface area contributed by atoms with Gasteiger partial charge >= 0.3 is 0 Å². The maximum absolute atomic E-state index is 3.63. The minimum Gasteiger partial charge on any atom is -0.0985 e. The van der Waals surface area contributed by atoms with E-state index in [1.54, 1.807) is 0 Å². The molecule has 0 aliphatic heterocycles. The van der Waals surface area contributed by atoms with Crippen molar-refractivity contribution < 1.29 is 0 Å². The molecule has 0 heterocycles. The maximum Gasteiger partial charge on any atom is -0.0260 e. The molecule has 0 unspecified atom stereocenters. The second-order valence-corrected chi connectivity index (χ2v) is 3.84. The zero-order valence-corrected chi connectivity index (χ0v) is 10.9. The van der Waals surface area contributed by atoms with E-state index in [1.807, 2.05) is 42.5 Å². The highest BCUT2D eigenvalue weighted by molar-refractivity contribution is 5.48. The van der Waals surface area contributed by atoms with Crippen molar-refractivity contribution in [2.24, 2.45) is 0 Å². The first-order valence-corrected chi connectivity index (χ1v) is 6.26. The average Bonchev–Trinajstić information content (AvgIpc) is 2.48. The molecule has 0 amide bonds. The molecule has 0 nitrogen and oxygen atoms in total. The molecule has 0 saturated carbocycles. The fraction of sp³-hybridized carbons (Fsp3) is 0.111. The Morgan fingerprint density at radius 3 is 1.72 bits per heavy atom.